The number of likely N-dealkylation sites (tertiary alicyclic amines) is 1. The minimum absolute atomic E-state index is 0.0370. The summed E-state index contributed by atoms with van der Waals surface area (Å²) in [5.41, 5.74) is 6.97. The highest BCUT2D eigenvalue weighted by Crippen LogP contribution is 2.24. The van der Waals surface area contributed by atoms with Gasteiger partial charge < -0.3 is 15.7 Å². The second-order valence-electron chi connectivity index (χ2n) is 6.53. The Bertz CT molecular complexity index is 780. The van der Waals surface area contributed by atoms with Crippen LogP contribution in [0, 0.1) is 6.92 Å². The van der Waals surface area contributed by atoms with Crippen LogP contribution < -0.4 is 5.73 Å². The number of hydrogen-bond acceptors (Lipinski definition) is 6. The average Bonchev–Trinajstić information content (AvgIpc) is 3.04. The molecule has 25 heavy (non-hydrogen) atoms. The molecule has 1 aromatic heterocycles. The van der Waals surface area contributed by atoms with Crippen molar-refractivity contribution in [3.8, 4) is 5.75 Å². The first-order chi connectivity index (χ1) is 11.9. The van der Waals surface area contributed by atoms with E-state index in [-0.39, 0.29) is 17.7 Å². The predicted octanol–water partition coefficient (Wildman–Crippen LogP) is 1.42. The first-order valence-electron chi connectivity index (χ1n) is 8.30. The number of nitrogens with two attached hydrogens (primary N) is 1. The first kappa shape index (κ1) is 17.2. The zero-order chi connectivity index (χ0) is 18.0. The quantitative estimate of drug-likeness (QED) is 0.873. The van der Waals surface area contributed by atoms with Gasteiger partial charge in [0.15, 0.2) is 0 Å². The zero-order valence-electron chi connectivity index (χ0n) is 14.5. The van der Waals surface area contributed by atoms with Crippen LogP contribution in [0.3, 0.4) is 0 Å². The van der Waals surface area contributed by atoms with Gasteiger partial charge in [-0.1, -0.05) is 6.07 Å². The van der Waals surface area contributed by atoms with Crippen molar-refractivity contribution in [3.05, 3.63) is 47.4 Å². The Morgan fingerprint density at radius 3 is 2.96 bits per heavy atom. The van der Waals surface area contributed by atoms with Crippen molar-refractivity contribution in [2.45, 2.75) is 25.9 Å². The lowest BCUT2D eigenvalue weighted by molar-refractivity contribution is 0.0776. The number of anilines is 1. The Morgan fingerprint density at radius 1 is 1.44 bits per heavy atom. The molecular formula is C18H23N5O2. The number of amides is 1. The van der Waals surface area contributed by atoms with Crippen molar-refractivity contribution < 1.29 is 9.90 Å². The van der Waals surface area contributed by atoms with Crippen molar-refractivity contribution in [2.75, 3.05) is 25.9 Å². The van der Waals surface area contributed by atoms with Gasteiger partial charge >= 0.3 is 0 Å². The van der Waals surface area contributed by atoms with E-state index in [1.807, 2.05) is 20.0 Å². The Kier molecular flexibility index (Phi) is 4.85. The lowest BCUT2D eigenvalue weighted by Crippen LogP contribution is -2.36. The van der Waals surface area contributed by atoms with E-state index in [0.29, 0.717) is 36.8 Å². The number of likely N-dealkylation sites (N-methyl/N-ethyl adjacent to an activating group) is 1. The summed E-state index contributed by atoms with van der Waals surface area (Å²) in [6.07, 6.45) is 2.52. The number of rotatable bonds is 4. The van der Waals surface area contributed by atoms with E-state index in [4.69, 9.17) is 5.73 Å². The molecule has 1 aromatic carbocycles. The molecule has 7 nitrogen and oxygen atoms in total. The second-order valence-corrected chi connectivity index (χ2v) is 6.53. The molecule has 0 aliphatic carbocycles. The van der Waals surface area contributed by atoms with E-state index in [1.54, 1.807) is 29.3 Å². The molecule has 0 bridgehead atoms. The van der Waals surface area contributed by atoms with Crippen molar-refractivity contribution >= 4 is 11.7 Å². The smallest absolute Gasteiger partial charge is 0.257 e. The summed E-state index contributed by atoms with van der Waals surface area (Å²) in [5, 5.41) is 10.0. The van der Waals surface area contributed by atoms with Crippen molar-refractivity contribution in [1.82, 2.24) is 19.8 Å². The van der Waals surface area contributed by atoms with Crippen molar-refractivity contribution in [3.63, 3.8) is 0 Å². The SMILES string of the molecule is Cc1ccc(C(=O)N2CC[C@H](N(C)Cc3nccc(N)n3)C2)c(O)c1. The van der Waals surface area contributed by atoms with Gasteiger partial charge in [0.2, 0.25) is 0 Å². The molecule has 2 aromatic rings. The van der Waals surface area contributed by atoms with Gasteiger partial charge in [0.1, 0.15) is 17.4 Å². The largest absolute Gasteiger partial charge is 0.507 e. The standard InChI is InChI=1S/C18H23N5O2/c1-12-3-4-14(15(24)9-12)18(25)23-8-6-13(10-23)22(2)11-17-20-7-5-16(19)21-17/h3-5,7,9,13,24H,6,8,10-11H2,1-2H3,(H2,19,20,21)/t13-/m0/s1. The molecule has 132 valence electrons. The minimum Gasteiger partial charge on any atom is -0.507 e. The van der Waals surface area contributed by atoms with Crippen LogP contribution in [-0.2, 0) is 6.54 Å². The molecule has 0 spiro atoms. The first-order valence-corrected chi connectivity index (χ1v) is 8.30. The maximum Gasteiger partial charge on any atom is 0.257 e. The molecule has 1 saturated heterocycles. The highest BCUT2D eigenvalue weighted by Gasteiger charge is 2.30. The molecule has 0 radical (unpaired) electrons. The van der Waals surface area contributed by atoms with Gasteiger partial charge in [-0.3, -0.25) is 9.69 Å². The Labute approximate surface area is 147 Å². The van der Waals surface area contributed by atoms with E-state index in [0.717, 1.165) is 12.0 Å². The Balaban J connectivity index is 1.63. The number of benzene rings is 1. The molecule has 0 unspecified atom stereocenters. The molecule has 2 heterocycles. The van der Waals surface area contributed by atoms with E-state index in [9.17, 15) is 9.90 Å². The molecule has 1 fully saturated rings. The number of nitrogens with zero attached hydrogens (tertiary/aromatic N) is 4. The number of aryl methyl sites for hydroxylation is 1. The van der Waals surface area contributed by atoms with Gasteiger partial charge in [-0.05, 0) is 44.2 Å². The number of nitrogen functional groups attached to an aromatic ring is 1. The molecule has 1 aliphatic rings. The molecule has 0 saturated carbocycles. The Morgan fingerprint density at radius 2 is 2.24 bits per heavy atom. The molecule has 7 heteroatoms. The van der Waals surface area contributed by atoms with E-state index < -0.39 is 0 Å². The zero-order valence-corrected chi connectivity index (χ0v) is 14.5. The highest BCUT2D eigenvalue weighted by atomic mass is 16.3. The molecule has 3 N–H and O–H groups in total. The maximum absolute atomic E-state index is 12.7. The second kappa shape index (κ2) is 7.06. The van der Waals surface area contributed by atoms with Crippen LogP contribution in [0.25, 0.3) is 0 Å². The maximum atomic E-state index is 12.7. The summed E-state index contributed by atoms with van der Waals surface area (Å²) in [5.74, 6) is 1.03. The third kappa shape index (κ3) is 3.88. The van der Waals surface area contributed by atoms with Crippen LogP contribution in [0.2, 0.25) is 0 Å². The van der Waals surface area contributed by atoms with Gasteiger partial charge in [-0.2, -0.15) is 0 Å². The van der Waals surface area contributed by atoms with Gasteiger partial charge in [0.25, 0.3) is 5.91 Å². The van der Waals surface area contributed by atoms with E-state index in [1.165, 1.54) is 0 Å². The Hall–Kier alpha value is -2.67. The summed E-state index contributed by atoms with van der Waals surface area (Å²) >= 11 is 0. The fourth-order valence-electron chi connectivity index (χ4n) is 3.12. The van der Waals surface area contributed by atoms with Crippen molar-refractivity contribution in [1.29, 1.82) is 0 Å². The fourth-order valence-corrected chi connectivity index (χ4v) is 3.12. The average molecular weight is 341 g/mol. The summed E-state index contributed by atoms with van der Waals surface area (Å²) in [7, 11) is 1.99. The number of aromatic nitrogens is 2. The van der Waals surface area contributed by atoms with Crippen LogP contribution in [0.5, 0.6) is 5.75 Å². The number of carbonyl (C=O) groups is 1. The van der Waals surface area contributed by atoms with Gasteiger partial charge in [-0.15, -0.1) is 0 Å². The topological polar surface area (TPSA) is 95.6 Å². The van der Waals surface area contributed by atoms with Crippen LogP contribution in [0.15, 0.2) is 30.5 Å². The lowest BCUT2D eigenvalue weighted by atomic mass is 10.1. The molecule has 1 amide bonds. The summed E-state index contributed by atoms with van der Waals surface area (Å²) in [4.78, 5) is 25.0. The third-order valence-electron chi connectivity index (χ3n) is 4.58. The summed E-state index contributed by atoms with van der Waals surface area (Å²) in [6.45, 7) is 3.74. The van der Waals surface area contributed by atoms with Crippen LogP contribution >= 0.6 is 0 Å². The molecule has 1 atom stereocenters. The van der Waals surface area contributed by atoms with Crippen LogP contribution in [0.1, 0.15) is 28.2 Å². The normalized spacial score (nSPS) is 17.2. The monoisotopic (exact) mass is 341 g/mol. The lowest BCUT2D eigenvalue weighted by Gasteiger charge is -2.24. The van der Waals surface area contributed by atoms with E-state index in [2.05, 4.69) is 14.9 Å². The minimum atomic E-state index is -0.131. The van der Waals surface area contributed by atoms with Gasteiger partial charge in [0, 0.05) is 25.3 Å². The number of hydrogen-bond donors (Lipinski definition) is 2. The summed E-state index contributed by atoms with van der Waals surface area (Å²) in [6, 6.07) is 7.02. The number of phenolic OH excluding ortho intramolecular Hbond substituents is 1. The van der Waals surface area contributed by atoms with Crippen molar-refractivity contribution in [2.24, 2.45) is 0 Å². The molecule has 3 rings (SSSR count). The molecule has 1 aliphatic heterocycles. The fraction of sp³-hybridized carbons (Fsp3) is 0.389. The number of aromatic hydroxyl groups is 1. The van der Waals surface area contributed by atoms with E-state index >= 15 is 0 Å². The number of phenols is 1. The van der Waals surface area contributed by atoms with Gasteiger partial charge in [0.05, 0.1) is 12.1 Å². The van der Waals surface area contributed by atoms with Gasteiger partial charge in [-0.25, -0.2) is 9.97 Å². The molecular weight excluding hydrogens is 318 g/mol. The highest BCUT2D eigenvalue weighted by molar-refractivity contribution is 5.97. The third-order valence-corrected chi connectivity index (χ3v) is 4.58. The summed E-state index contributed by atoms with van der Waals surface area (Å²) < 4.78 is 0. The predicted molar refractivity (Wildman–Crippen MR) is 95.1 cm³/mol. The number of carbonyl (C=O) groups excluding carboxylic acids is 1. The van der Waals surface area contributed by atoms with Crippen LogP contribution in [-0.4, -0.2) is 57.0 Å². The van der Waals surface area contributed by atoms with Crippen LogP contribution in [0.4, 0.5) is 5.82 Å².